The van der Waals surface area contributed by atoms with Gasteiger partial charge in [-0.15, -0.1) is 0 Å². The van der Waals surface area contributed by atoms with Gasteiger partial charge in [-0.3, -0.25) is 9.59 Å². The van der Waals surface area contributed by atoms with Gasteiger partial charge in [0.05, 0.1) is 11.6 Å². The Labute approximate surface area is 146 Å². The Kier molecular flexibility index (Phi) is 4.53. The third kappa shape index (κ3) is 3.69. The molecule has 0 radical (unpaired) electrons. The van der Waals surface area contributed by atoms with Crippen molar-refractivity contribution in [3.05, 3.63) is 65.2 Å². The summed E-state index contributed by atoms with van der Waals surface area (Å²) in [7, 11) is 0. The van der Waals surface area contributed by atoms with Gasteiger partial charge < -0.3 is 10.6 Å². The smallest absolute Gasteiger partial charge is 0.313 e. The quantitative estimate of drug-likeness (QED) is 0.844. The topological polar surface area (TPSA) is 82.0 Å². The van der Waals surface area contributed by atoms with Crippen LogP contribution in [-0.4, -0.2) is 18.4 Å². The summed E-state index contributed by atoms with van der Waals surface area (Å²) in [5.41, 5.74) is 3.38. The molecule has 25 heavy (non-hydrogen) atoms. The van der Waals surface area contributed by atoms with Crippen LogP contribution >= 0.6 is 0 Å². The van der Waals surface area contributed by atoms with Crippen LogP contribution < -0.4 is 10.6 Å². The van der Waals surface area contributed by atoms with Crippen LogP contribution in [0.15, 0.2) is 48.5 Å². The first-order chi connectivity index (χ1) is 12.0. The molecule has 5 nitrogen and oxygen atoms in total. The van der Waals surface area contributed by atoms with Crippen molar-refractivity contribution in [2.75, 3.05) is 11.9 Å². The number of carbonyl (C=O) groups excluding carboxylic acids is 2. The lowest BCUT2D eigenvalue weighted by molar-refractivity contribution is -0.136. The molecule has 5 heteroatoms. The van der Waals surface area contributed by atoms with E-state index in [1.54, 1.807) is 24.3 Å². The Hall–Kier alpha value is -3.13. The minimum absolute atomic E-state index is 0.0459. The molecule has 2 aromatic rings. The van der Waals surface area contributed by atoms with E-state index in [-0.39, 0.29) is 5.41 Å². The molecule has 1 fully saturated rings. The van der Waals surface area contributed by atoms with Gasteiger partial charge in [0.2, 0.25) is 0 Å². The van der Waals surface area contributed by atoms with Crippen molar-refractivity contribution < 1.29 is 9.59 Å². The van der Waals surface area contributed by atoms with Gasteiger partial charge in [0, 0.05) is 17.6 Å². The second kappa shape index (κ2) is 6.78. The minimum atomic E-state index is -0.703. The molecule has 126 valence electrons. The summed E-state index contributed by atoms with van der Waals surface area (Å²) in [6.45, 7) is 2.52. The maximum atomic E-state index is 12.1. The van der Waals surface area contributed by atoms with Crippen molar-refractivity contribution in [2.24, 2.45) is 0 Å². The number of hydrogen-bond acceptors (Lipinski definition) is 3. The molecule has 2 N–H and O–H groups in total. The average Bonchev–Trinajstić information content (AvgIpc) is 3.41. The van der Waals surface area contributed by atoms with Gasteiger partial charge >= 0.3 is 11.8 Å². The fourth-order valence-corrected chi connectivity index (χ4v) is 3.01. The van der Waals surface area contributed by atoms with E-state index in [2.05, 4.69) is 29.7 Å². The second-order valence-corrected chi connectivity index (χ2v) is 6.42. The van der Waals surface area contributed by atoms with E-state index < -0.39 is 11.8 Å². The summed E-state index contributed by atoms with van der Waals surface area (Å²) in [5, 5.41) is 14.1. The van der Waals surface area contributed by atoms with Crippen LogP contribution in [0.25, 0.3) is 0 Å². The zero-order valence-corrected chi connectivity index (χ0v) is 14.0. The molecule has 1 saturated carbocycles. The molecule has 2 aromatic carbocycles. The predicted octanol–water partition coefficient (Wildman–Crippen LogP) is 2.65. The summed E-state index contributed by atoms with van der Waals surface area (Å²) in [6, 6.07) is 16.5. The van der Waals surface area contributed by atoms with E-state index in [4.69, 9.17) is 5.26 Å². The number of hydrogen-bond donors (Lipinski definition) is 2. The van der Waals surface area contributed by atoms with E-state index in [0.717, 1.165) is 12.8 Å². The highest BCUT2D eigenvalue weighted by molar-refractivity contribution is 6.39. The standard InChI is InChI=1S/C20H19N3O2/c1-14-4-2-3-5-17(14)20(10-11-20)13-22-18(24)19(25)23-16-8-6-15(12-21)7-9-16/h2-9H,10-11,13H2,1H3,(H,22,24)(H,23,25). The fourth-order valence-electron chi connectivity index (χ4n) is 3.01. The molecule has 0 saturated heterocycles. The number of anilines is 1. The SMILES string of the molecule is Cc1ccccc1C1(CNC(=O)C(=O)Nc2ccc(C#N)cc2)CC1. The van der Waals surface area contributed by atoms with Gasteiger partial charge in [-0.05, 0) is 55.2 Å². The van der Waals surface area contributed by atoms with Crippen LogP contribution in [0.5, 0.6) is 0 Å². The highest BCUT2D eigenvalue weighted by Gasteiger charge is 2.45. The summed E-state index contributed by atoms with van der Waals surface area (Å²) in [4.78, 5) is 24.1. The van der Waals surface area contributed by atoms with Gasteiger partial charge in [-0.1, -0.05) is 24.3 Å². The van der Waals surface area contributed by atoms with E-state index in [1.807, 2.05) is 18.2 Å². The van der Waals surface area contributed by atoms with E-state index in [1.165, 1.54) is 11.1 Å². The number of nitrogens with one attached hydrogen (secondary N) is 2. The highest BCUT2D eigenvalue weighted by atomic mass is 16.2. The number of nitriles is 1. The van der Waals surface area contributed by atoms with Crippen molar-refractivity contribution in [1.82, 2.24) is 5.32 Å². The Morgan fingerprint density at radius 2 is 1.76 bits per heavy atom. The molecular formula is C20H19N3O2. The van der Waals surface area contributed by atoms with Crippen LogP contribution in [0.2, 0.25) is 0 Å². The van der Waals surface area contributed by atoms with Gasteiger partial charge in [-0.25, -0.2) is 0 Å². The van der Waals surface area contributed by atoms with Crippen LogP contribution in [0.1, 0.15) is 29.5 Å². The van der Waals surface area contributed by atoms with Gasteiger partial charge in [0.25, 0.3) is 0 Å². The first-order valence-electron chi connectivity index (χ1n) is 8.19. The fraction of sp³-hybridized carbons (Fsp3) is 0.250. The van der Waals surface area contributed by atoms with Crippen LogP contribution in [-0.2, 0) is 15.0 Å². The summed E-state index contributed by atoms with van der Waals surface area (Å²) >= 11 is 0. The highest BCUT2D eigenvalue weighted by Crippen LogP contribution is 2.48. The number of carbonyl (C=O) groups is 2. The summed E-state index contributed by atoms with van der Waals surface area (Å²) < 4.78 is 0. The van der Waals surface area contributed by atoms with Crippen molar-refractivity contribution >= 4 is 17.5 Å². The molecule has 0 atom stereocenters. The van der Waals surface area contributed by atoms with Crippen molar-refractivity contribution in [1.29, 1.82) is 5.26 Å². The van der Waals surface area contributed by atoms with Crippen LogP contribution in [0.3, 0.4) is 0 Å². The third-order valence-electron chi connectivity index (χ3n) is 4.64. The van der Waals surface area contributed by atoms with Gasteiger partial charge in [-0.2, -0.15) is 5.26 Å². The molecule has 1 aliphatic rings. The van der Waals surface area contributed by atoms with Gasteiger partial charge in [0.1, 0.15) is 0 Å². The average molecular weight is 333 g/mol. The molecule has 1 aliphatic carbocycles. The largest absolute Gasteiger partial charge is 0.347 e. The molecule has 2 amide bonds. The third-order valence-corrected chi connectivity index (χ3v) is 4.64. The number of nitrogens with zero attached hydrogens (tertiary/aromatic N) is 1. The second-order valence-electron chi connectivity index (χ2n) is 6.42. The van der Waals surface area contributed by atoms with Crippen LogP contribution in [0.4, 0.5) is 5.69 Å². The molecule has 3 rings (SSSR count). The molecular weight excluding hydrogens is 314 g/mol. The number of rotatable bonds is 4. The van der Waals surface area contributed by atoms with E-state index >= 15 is 0 Å². The van der Waals surface area contributed by atoms with Gasteiger partial charge in [0.15, 0.2) is 0 Å². The Morgan fingerprint density at radius 3 is 2.36 bits per heavy atom. The maximum Gasteiger partial charge on any atom is 0.313 e. The minimum Gasteiger partial charge on any atom is -0.347 e. The van der Waals surface area contributed by atoms with Crippen LogP contribution in [0, 0.1) is 18.3 Å². The number of benzene rings is 2. The molecule has 0 aromatic heterocycles. The van der Waals surface area contributed by atoms with Crippen molar-refractivity contribution in [2.45, 2.75) is 25.2 Å². The van der Waals surface area contributed by atoms with E-state index in [0.29, 0.717) is 17.8 Å². The Morgan fingerprint density at radius 1 is 1.08 bits per heavy atom. The maximum absolute atomic E-state index is 12.1. The zero-order chi connectivity index (χ0) is 17.9. The Balaban J connectivity index is 1.58. The van der Waals surface area contributed by atoms with E-state index in [9.17, 15) is 9.59 Å². The molecule has 0 spiro atoms. The lowest BCUT2D eigenvalue weighted by atomic mass is 9.92. The predicted molar refractivity (Wildman–Crippen MR) is 94.9 cm³/mol. The Bertz CT molecular complexity index is 846. The lowest BCUT2D eigenvalue weighted by Gasteiger charge is -2.18. The first-order valence-corrected chi connectivity index (χ1v) is 8.19. The van der Waals surface area contributed by atoms with Crippen molar-refractivity contribution in [3.63, 3.8) is 0 Å². The summed E-state index contributed by atoms with van der Waals surface area (Å²) in [5.74, 6) is -1.35. The molecule has 0 unspecified atom stereocenters. The number of amides is 2. The molecule has 0 aliphatic heterocycles. The number of aryl methyl sites for hydroxylation is 1. The molecule has 0 heterocycles. The monoisotopic (exact) mass is 333 g/mol. The zero-order valence-electron chi connectivity index (χ0n) is 14.0. The van der Waals surface area contributed by atoms with Crippen molar-refractivity contribution in [3.8, 4) is 6.07 Å². The molecule has 0 bridgehead atoms. The lowest BCUT2D eigenvalue weighted by Crippen LogP contribution is -2.39. The summed E-state index contributed by atoms with van der Waals surface area (Å²) in [6.07, 6.45) is 2.02. The normalized spacial score (nSPS) is 14.2. The first kappa shape index (κ1) is 16.7.